The molecule has 8 nitrogen and oxygen atoms in total. The van der Waals surface area contributed by atoms with E-state index in [0.717, 1.165) is 17.0 Å². The van der Waals surface area contributed by atoms with Gasteiger partial charge in [0.2, 0.25) is 0 Å². The molecule has 0 spiro atoms. The number of aliphatic hydroxyl groups excluding tert-OH is 1. The lowest BCUT2D eigenvalue weighted by Crippen LogP contribution is -2.29. The average molecular weight is 448 g/mol. The van der Waals surface area contributed by atoms with Crippen molar-refractivity contribution in [1.82, 2.24) is 0 Å². The molecule has 1 saturated heterocycles. The molecule has 4 rings (SSSR count). The number of amides is 1. The molecule has 0 bridgehead atoms. The van der Waals surface area contributed by atoms with Crippen LogP contribution < -0.4 is 9.64 Å². The third-order valence-corrected chi connectivity index (χ3v) is 5.33. The van der Waals surface area contributed by atoms with Crippen LogP contribution in [0.2, 0.25) is 0 Å². The first-order chi connectivity index (χ1) is 15.8. The molecule has 1 heterocycles. The maximum absolute atomic E-state index is 14.9. The fourth-order valence-electron chi connectivity index (χ4n) is 3.75. The molecule has 0 radical (unpaired) electrons. The molecule has 3 aromatic carbocycles. The van der Waals surface area contributed by atoms with Crippen molar-refractivity contribution in [3.8, 4) is 5.75 Å². The summed E-state index contributed by atoms with van der Waals surface area (Å²) in [6.07, 6.45) is 0. The number of non-ortho nitro benzene ring substituents is 1. The van der Waals surface area contributed by atoms with Gasteiger partial charge in [0.15, 0.2) is 0 Å². The van der Waals surface area contributed by atoms with Crippen LogP contribution in [-0.4, -0.2) is 28.8 Å². The summed E-state index contributed by atoms with van der Waals surface area (Å²) in [6.45, 7) is 0. The highest BCUT2D eigenvalue weighted by molar-refractivity contribution is 6.51. The lowest BCUT2D eigenvalue weighted by molar-refractivity contribution is -0.384. The lowest BCUT2D eigenvalue weighted by atomic mass is 9.94. The zero-order valence-electron chi connectivity index (χ0n) is 17.3. The van der Waals surface area contributed by atoms with E-state index in [2.05, 4.69) is 0 Å². The second kappa shape index (κ2) is 8.54. The Morgan fingerprint density at radius 2 is 1.76 bits per heavy atom. The van der Waals surface area contributed by atoms with Crippen molar-refractivity contribution in [2.75, 3.05) is 12.0 Å². The fourth-order valence-corrected chi connectivity index (χ4v) is 3.75. The standard InChI is InChI=1S/C24H17FN2O6/c1-33-17-6-4-5-16(13-17)26-21(18-7-2-3-8-19(18)25)20(23(29)24(26)30)22(28)14-9-11-15(12-10-14)27(31)32/h2-13,21,28H,1H3/b22-20+. The van der Waals surface area contributed by atoms with Gasteiger partial charge in [-0.3, -0.25) is 24.6 Å². The molecule has 0 aromatic heterocycles. The van der Waals surface area contributed by atoms with E-state index >= 15 is 0 Å². The van der Waals surface area contributed by atoms with Gasteiger partial charge >= 0.3 is 0 Å². The normalized spacial score (nSPS) is 17.3. The highest BCUT2D eigenvalue weighted by atomic mass is 19.1. The summed E-state index contributed by atoms with van der Waals surface area (Å²) in [7, 11) is 1.44. The summed E-state index contributed by atoms with van der Waals surface area (Å²) in [5.74, 6) is -2.80. The molecule has 1 fully saturated rings. The average Bonchev–Trinajstić information content (AvgIpc) is 3.09. The molecule has 3 aromatic rings. The fraction of sp³-hybridized carbons (Fsp3) is 0.0833. The van der Waals surface area contributed by atoms with Crippen LogP contribution in [-0.2, 0) is 9.59 Å². The Kier molecular flexibility index (Phi) is 5.61. The van der Waals surface area contributed by atoms with Gasteiger partial charge in [-0.2, -0.15) is 0 Å². The molecule has 0 saturated carbocycles. The van der Waals surface area contributed by atoms with Crippen LogP contribution >= 0.6 is 0 Å². The number of benzene rings is 3. The largest absolute Gasteiger partial charge is 0.507 e. The molecular weight excluding hydrogens is 431 g/mol. The van der Waals surface area contributed by atoms with Crippen LogP contribution in [0.4, 0.5) is 15.8 Å². The zero-order valence-corrected chi connectivity index (χ0v) is 17.3. The lowest BCUT2D eigenvalue weighted by Gasteiger charge is -2.26. The first kappa shape index (κ1) is 21.7. The Labute approximate surface area is 187 Å². The second-order valence-electron chi connectivity index (χ2n) is 7.20. The number of hydrogen-bond donors (Lipinski definition) is 1. The predicted molar refractivity (Wildman–Crippen MR) is 117 cm³/mol. The first-order valence-corrected chi connectivity index (χ1v) is 9.77. The number of ether oxygens (including phenoxy) is 1. The molecule has 1 aliphatic rings. The minimum atomic E-state index is -1.27. The number of carbonyl (C=O) groups is 2. The Hall–Kier alpha value is -4.53. The van der Waals surface area contributed by atoms with E-state index in [0.29, 0.717) is 5.75 Å². The van der Waals surface area contributed by atoms with Gasteiger partial charge < -0.3 is 9.84 Å². The van der Waals surface area contributed by atoms with Crippen molar-refractivity contribution < 1.29 is 28.7 Å². The van der Waals surface area contributed by atoms with E-state index in [-0.39, 0.29) is 28.1 Å². The number of rotatable bonds is 5. The number of nitrogens with zero attached hydrogens (tertiary/aromatic N) is 2. The highest BCUT2D eigenvalue weighted by Gasteiger charge is 2.47. The molecule has 1 amide bonds. The monoisotopic (exact) mass is 448 g/mol. The molecule has 1 unspecified atom stereocenters. The second-order valence-corrected chi connectivity index (χ2v) is 7.20. The molecule has 0 aliphatic carbocycles. The molecule has 9 heteroatoms. The van der Waals surface area contributed by atoms with Crippen molar-refractivity contribution in [3.05, 3.63) is 105 Å². The van der Waals surface area contributed by atoms with Gasteiger partial charge in [0.1, 0.15) is 17.3 Å². The van der Waals surface area contributed by atoms with Gasteiger partial charge in [0, 0.05) is 35.0 Å². The van der Waals surface area contributed by atoms with Crippen molar-refractivity contribution in [2.45, 2.75) is 6.04 Å². The molecular formula is C24H17FN2O6. The molecule has 166 valence electrons. The van der Waals surface area contributed by atoms with Gasteiger partial charge in [-0.05, 0) is 30.3 Å². The van der Waals surface area contributed by atoms with E-state index < -0.39 is 34.2 Å². The summed E-state index contributed by atoms with van der Waals surface area (Å²) in [6, 6.07) is 15.5. The maximum Gasteiger partial charge on any atom is 0.300 e. The van der Waals surface area contributed by atoms with Crippen LogP contribution in [0.25, 0.3) is 5.76 Å². The summed E-state index contributed by atoms with van der Waals surface area (Å²) < 4.78 is 20.1. The smallest absolute Gasteiger partial charge is 0.300 e. The molecule has 1 N–H and O–H groups in total. The van der Waals surface area contributed by atoms with Crippen molar-refractivity contribution in [3.63, 3.8) is 0 Å². The van der Waals surface area contributed by atoms with E-state index in [9.17, 15) is 29.2 Å². The molecule has 33 heavy (non-hydrogen) atoms. The third-order valence-electron chi connectivity index (χ3n) is 5.33. The minimum Gasteiger partial charge on any atom is -0.507 e. The highest BCUT2D eigenvalue weighted by Crippen LogP contribution is 2.43. The predicted octanol–water partition coefficient (Wildman–Crippen LogP) is 4.37. The zero-order chi connectivity index (χ0) is 23.7. The molecule has 1 aliphatic heterocycles. The van der Waals surface area contributed by atoms with Gasteiger partial charge in [0.05, 0.1) is 23.6 Å². The van der Waals surface area contributed by atoms with Gasteiger partial charge in [-0.15, -0.1) is 0 Å². The number of nitro groups is 1. The first-order valence-electron chi connectivity index (χ1n) is 9.77. The minimum absolute atomic E-state index is 0.00276. The quantitative estimate of drug-likeness (QED) is 0.204. The number of carbonyl (C=O) groups excluding carboxylic acids is 2. The number of halogens is 1. The van der Waals surface area contributed by atoms with Crippen LogP contribution in [0.15, 0.2) is 78.4 Å². The van der Waals surface area contributed by atoms with E-state index in [1.54, 1.807) is 24.3 Å². The molecule has 1 atom stereocenters. The summed E-state index contributed by atoms with van der Waals surface area (Å²) >= 11 is 0. The van der Waals surface area contributed by atoms with Gasteiger partial charge in [0.25, 0.3) is 17.4 Å². The number of hydrogen-bond acceptors (Lipinski definition) is 6. The van der Waals surface area contributed by atoms with Crippen LogP contribution in [0.5, 0.6) is 5.75 Å². The van der Waals surface area contributed by atoms with Crippen LogP contribution in [0.3, 0.4) is 0 Å². The Bertz CT molecular complexity index is 1300. The third kappa shape index (κ3) is 3.80. The van der Waals surface area contributed by atoms with Crippen LogP contribution in [0.1, 0.15) is 17.2 Å². The van der Waals surface area contributed by atoms with Crippen molar-refractivity contribution in [2.24, 2.45) is 0 Å². The van der Waals surface area contributed by atoms with Crippen LogP contribution in [0, 0.1) is 15.9 Å². The van der Waals surface area contributed by atoms with Crippen molar-refractivity contribution in [1.29, 1.82) is 0 Å². The number of ketones is 1. The number of anilines is 1. The summed E-state index contributed by atoms with van der Waals surface area (Å²) in [4.78, 5) is 37.6. The van der Waals surface area contributed by atoms with E-state index in [4.69, 9.17) is 4.74 Å². The number of Topliss-reactive ketones (excluding diaryl/α,β-unsaturated/α-hetero) is 1. The number of aliphatic hydroxyl groups is 1. The summed E-state index contributed by atoms with van der Waals surface area (Å²) in [5, 5.41) is 21.9. The van der Waals surface area contributed by atoms with E-state index in [1.165, 1.54) is 43.5 Å². The topological polar surface area (TPSA) is 110 Å². The Morgan fingerprint density at radius 3 is 2.39 bits per heavy atom. The van der Waals surface area contributed by atoms with E-state index in [1.807, 2.05) is 0 Å². The maximum atomic E-state index is 14.9. The number of methoxy groups -OCH3 is 1. The van der Waals surface area contributed by atoms with Gasteiger partial charge in [-0.1, -0.05) is 24.3 Å². The Morgan fingerprint density at radius 1 is 1.06 bits per heavy atom. The van der Waals surface area contributed by atoms with Crippen molar-refractivity contribution >= 4 is 28.8 Å². The Balaban J connectivity index is 1.94. The summed E-state index contributed by atoms with van der Waals surface area (Å²) in [5.41, 5.74) is -0.197. The SMILES string of the molecule is COc1cccc(N2C(=O)C(=O)/C(=C(/O)c3ccc([N+](=O)[O-])cc3)C2c2ccccc2F)c1. The number of nitro benzene ring substituents is 1. The van der Waals surface area contributed by atoms with Gasteiger partial charge in [-0.25, -0.2) is 4.39 Å².